The van der Waals surface area contributed by atoms with E-state index in [1.165, 1.54) is 30.6 Å². The van der Waals surface area contributed by atoms with Crippen molar-refractivity contribution in [1.82, 2.24) is 0 Å². The fourth-order valence-electron chi connectivity index (χ4n) is 1.31. The summed E-state index contributed by atoms with van der Waals surface area (Å²) in [5.41, 5.74) is -0.174. The van der Waals surface area contributed by atoms with Gasteiger partial charge in [0.25, 0.3) is 5.69 Å². The van der Waals surface area contributed by atoms with Crippen molar-refractivity contribution in [3.63, 3.8) is 0 Å². The Balaban J connectivity index is 3.19. The zero-order valence-electron chi connectivity index (χ0n) is 9.80. The van der Waals surface area contributed by atoms with E-state index in [1.54, 1.807) is 13.0 Å². The van der Waals surface area contributed by atoms with Crippen molar-refractivity contribution >= 4 is 29.1 Å². The number of nitriles is 1. The molecule has 0 atom stereocenters. The van der Waals surface area contributed by atoms with E-state index in [4.69, 9.17) is 5.26 Å². The van der Waals surface area contributed by atoms with E-state index in [-0.39, 0.29) is 11.3 Å². The molecule has 0 fully saturated rings. The highest BCUT2D eigenvalue weighted by Crippen LogP contribution is 2.31. The molecule has 1 aromatic heterocycles. The van der Waals surface area contributed by atoms with Crippen LogP contribution in [0.5, 0.6) is 0 Å². The summed E-state index contributed by atoms with van der Waals surface area (Å²) in [5, 5.41) is 19.6. The molecule has 0 amide bonds. The van der Waals surface area contributed by atoms with Crippen molar-refractivity contribution in [3.8, 4) is 6.07 Å². The average Bonchev–Trinajstić information content (AvgIpc) is 2.78. The van der Waals surface area contributed by atoms with E-state index in [9.17, 15) is 14.9 Å². The van der Waals surface area contributed by atoms with E-state index >= 15 is 0 Å². The minimum absolute atomic E-state index is 0.0101. The van der Waals surface area contributed by atoms with E-state index in [0.717, 1.165) is 0 Å². The number of hydrogen-bond acceptors (Lipinski definition) is 6. The Bertz CT molecular complexity index is 554. The highest BCUT2D eigenvalue weighted by Gasteiger charge is 2.18. The molecule has 1 aromatic rings. The van der Waals surface area contributed by atoms with Crippen molar-refractivity contribution in [2.75, 3.05) is 7.11 Å². The molecule has 0 radical (unpaired) electrons. The molecule has 0 bridgehead atoms. The lowest BCUT2D eigenvalue weighted by atomic mass is 10.2. The Morgan fingerprint density at radius 2 is 2.39 bits per heavy atom. The monoisotopic (exact) mass is 266 g/mol. The molecule has 0 unspecified atom stereocenters. The lowest BCUT2D eigenvalue weighted by Gasteiger charge is -1.93. The van der Waals surface area contributed by atoms with Gasteiger partial charge in [0.1, 0.15) is 11.6 Å². The average molecular weight is 266 g/mol. The summed E-state index contributed by atoms with van der Waals surface area (Å²) >= 11 is 1.18. The molecular weight excluding hydrogens is 256 g/mol. The van der Waals surface area contributed by atoms with E-state index in [0.29, 0.717) is 16.2 Å². The van der Waals surface area contributed by atoms with Crippen LogP contribution in [-0.2, 0) is 16.0 Å². The number of rotatable bonds is 4. The van der Waals surface area contributed by atoms with Gasteiger partial charge in [0.15, 0.2) is 0 Å². The standard InChI is InChI=1S/C11H10N2O4S/c1-3-10-9(13(15)16)5-8(18-10)4-7(6-12)11(14)17-2/h4-5H,3H2,1-2H3. The third kappa shape index (κ3) is 2.93. The first-order chi connectivity index (χ1) is 8.53. The van der Waals surface area contributed by atoms with Gasteiger partial charge < -0.3 is 4.74 Å². The molecule has 0 aromatic carbocycles. The van der Waals surface area contributed by atoms with Gasteiger partial charge in [0.05, 0.1) is 16.9 Å². The Kier molecular flexibility index (Phi) is 4.57. The van der Waals surface area contributed by atoms with Crippen molar-refractivity contribution in [3.05, 3.63) is 31.5 Å². The Hall–Kier alpha value is -2.20. The van der Waals surface area contributed by atoms with Crippen molar-refractivity contribution in [1.29, 1.82) is 5.26 Å². The van der Waals surface area contributed by atoms with E-state index in [2.05, 4.69) is 4.74 Å². The zero-order valence-corrected chi connectivity index (χ0v) is 10.6. The molecule has 94 valence electrons. The molecule has 1 heterocycles. The predicted octanol–water partition coefficient (Wildman–Crippen LogP) is 2.30. The van der Waals surface area contributed by atoms with Gasteiger partial charge in [-0.25, -0.2) is 4.79 Å². The number of nitrogens with zero attached hydrogens (tertiary/aromatic N) is 2. The minimum Gasteiger partial charge on any atom is -0.465 e. The lowest BCUT2D eigenvalue weighted by molar-refractivity contribution is -0.385. The van der Waals surface area contributed by atoms with Gasteiger partial charge in [-0.2, -0.15) is 5.26 Å². The van der Waals surface area contributed by atoms with Crippen LogP contribution < -0.4 is 0 Å². The van der Waals surface area contributed by atoms with Crippen LogP contribution in [-0.4, -0.2) is 18.0 Å². The number of thiophene rings is 1. The highest BCUT2D eigenvalue weighted by atomic mass is 32.1. The third-order valence-electron chi connectivity index (χ3n) is 2.14. The molecule has 0 saturated heterocycles. The molecule has 7 heteroatoms. The summed E-state index contributed by atoms with van der Waals surface area (Å²) in [6, 6.07) is 3.05. The van der Waals surface area contributed by atoms with Gasteiger partial charge in [-0.05, 0) is 12.5 Å². The van der Waals surface area contributed by atoms with Gasteiger partial charge in [-0.1, -0.05) is 6.92 Å². The van der Waals surface area contributed by atoms with Crippen LogP contribution in [0.2, 0.25) is 0 Å². The smallest absolute Gasteiger partial charge is 0.348 e. The van der Waals surface area contributed by atoms with Gasteiger partial charge in [-0.3, -0.25) is 10.1 Å². The van der Waals surface area contributed by atoms with Gasteiger partial charge >= 0.3 is 5.97 Å². The normalized spacial score (nSPS) is 10.8. The molecule has 1 rings (SSSR count). The number of hydrogen-bond donors (Lipinski definition) is 0. The van der Waals surface area contributed by atoms with Crippen LogP contribution in [0, 0.1) is 21.4 Å². The summed E-state index contributed by atoms with van der Waals surface area (Å²) in [6.45, 7) is 1.80. The van der Waals surface area contributed by atoms with Crippen LogP contribution in [0.3, 0.4) is 0 Å². The topological polar surface area (TPSA) is 93.2 Å². The molecule has 0 saturated carbocycles. The maximum Gasteiger partial charge on any atom is 0.348 e. The van der Waals surface area contributed by atoms with Crippen LogP contribution >= 0.6 is 11.3 Å². The molecule has 0 aliphatic heterocycles. The summed E-state index contributed by atoms with van der Waals surface area (Å²) < 4.78 is 4.43. The Morgan fingerprint density at radius 3 is 2.78 bits per heavy atom. The third-order valence-corrected chi connectivity index (χ3v) is 3.35. The first-order valence-electron chi connectivity index (χ1n) is 5.00. The molecule has 0 aliphatic carbocycles. The quantitative estimate of drug-likeness (QED) is 0.274. The first kappa shape index (κ1) is 13.9. The van der Waals surface area contributed by atoms with Crippen LogP contribution in [0.1, 0.15) is 16.7 Å². The van der Waals surface area contributed by atoms with Crippen LogP contribution in [0.25, 0.3) is 6.08 Å². The maximum atomic E-state index is 11.2. The molecule has 18 heavy (non-hydrogen) atoms. The Labute approximate surface area is 107 Å². The second kappa shape index (κ2) is 5.93. The molecule has 0 N–H and O–H groups in total. The molecular formula is C11H10N2O4S. The molecule has 6 nitrogen and oxygen atoms in total. The number of ether oxygens (including phenoxy) is 1. The highest BCUT2D eigenvalue weighted by molar-refractivity contribution is 7.13. The lowest BCUT2D eigenvalue weighted by Crippen LogP contribution is -2.02. The minimum atomic E-state index is -0.758. The number of methoxy groups -OCH3 is 1. The summed E-state index contributed by atoms with van der Waals surface area (Å²) in [6.07, 6.45) is 1.82. The van der Waals surface area contributed by atoms with Crippen molar-refractivity contribution in [2.24, 2.45) is 0 Å². The number of aryl methyl sites for hydroxylation is 1. The first-order valence-corrected chi connectivity index (χ1v) is 5.82. The van der Waals surface area contributed by atoms with Crippen molar-refractivity contribution in [2.45, 2.75) is 13.3 Å². The molecule has 0 aliphatic rings. The summed E-state index contributed by atoms with van der Waals surface area (Å²) in [4.78, 5) is 22.6. The molecule has 0 spiro atoms. The largest absolute Gasteiger partial charge is 0.465 e. The summed E-state index contributed by atoms with van der Waals surface area (Å²) in [7, 11) is 1.17. The number of nitro groups is 1. The Morgan fingerprint density at radius 1 is 1.72 bits per heavy atom. The fourth-order valence-corrected chi connectivity index (χ4v) is 2.32. The zero-order chi connectivity index (χ0) is 13.7. The SMILES string of the molecule is CCc1sc(C=C(C#N)C(=O)OC)cc1[N+](=O)[O-]. The summed E-state index contributed by atoms with van der Waals surface area (Å²) in [5.74, 6) is -0.758. The van der Waals surface area contributed by atoms with Crippen molar-refractivity contribution < 1.29 is 14.5 Å². The predicted molar refractivity (Wildman–Crippen MR) is 66.0 cm³/mol. The maximum absolute atomic E-state index is 11.2. The van der Waals surface area contributed by atoms with Crippen LogP contribution in [0.4, 0.5) is 5.69 Å². The van der Waals surface area contributed by atoms with Crippen LogP contribution in [0.15, 0.2) is 11.6 Å². The van der Waals surface area contributed by atoms with Gasteiger partial charge in [-0.15, -0.1) is 11.3 Å². The number of esters is 1. The number of carbonyl (C=O) groups is 1. The van der Waals surface area contributed by atoms with E-state index < -0.39 is 10.9 Å². The fraction of sp³-hybridized carbons (Fsp3) is 0.273. The number of carbonyl (C=O) groups excluding carboxylic acids is 1. The van der Waals surface area contributed by atoms with Gasteiger partial charge in [0, 0.05) is 10.9 Å². The van der Waals surface area contributed by atoms with E-state index in [1.807, 2.05) is 0 Å². The second-order valence-corrected chi connectivity index (χ2v) is 4.40. The van der Waals surface area contributed by atoms with Gasteiger partial charge in [0.2, 0.25) is 0 Å². The second-order valence-electron chi connectivity index (χ2n) is 3.23.